The first kappa shape index (κ1) is 17.8. The summed E-state index contributed by atoms with van der Waals surface area (Å²) in [6.45, 7) is 0.953. The number of nitrogens with zero attached hydrogens (tertiary/aromatic N) is 1. The Kier molecular flexibility index (Phi) is 5.11. The van der Waals surface area contributed by atoms with E-state index in [0.717, 1.165) is 28.1 Å². The second-order valence-electron chi connectivity index (χ2n) is 6.32. The molecule has 3 rings (SSSR count). The molecule has 0 fully saturated rings. The molecular weight excluding hydrogens is 338 g/mol. The smallest absolute Gasteiger partial charge is 0.328 e. The van der Waals surface area contributed by atoms with Crippen molar-refractivity contribution in [1.82, 2.24) is 14.9 Å². The number of benzene rings is 1. The number of fused-ring (bicyclic) bond motifs is 1. The SMILES string of the molecule is COc1ccc2c(c1)OC[C@H](CNC(=O)Cc1c[nH]c(=O)n(C)c1=O)C2. The van der Waals surface area contributed by atoms with Crippen LogP contribution in [-0.2, 0) is 24.7 Å². The first-order valence-corrected chi connectivity index (χ1v) is 8.32. The standard InChI is InChI=1S/C18H21N3O5/c1-21-17(23)13(9-20-18(21)24)6-16(22)19-8-11-5-12-3-4-14(25-2)7-15(12)26-10-11/h3-4,7,9,11H,5-6,8,10H2,1-2H3,(H,19,22)(H,20,24)/t11-/m0/s1. The van der Waals surface area contributed by atoms with E-state index in [1.54, 1.807) is 7.11 Å². The van der Waals surface area contributed by atoms with Crippen LogP contribution < -0.4 is 26.0 Å². The van der Waals surface area contributed by atoms with Crippen LogP contribution in [0.3, 0.4) is 0 Å². The summed E-state index contributed by atoms with van der Waals surface area (Å²) < 4.78 is 11.9. The number of methoxy groups -OCH3 is 1. The van der Waals surface area contributed by atoms with Gasteiger partial charge in [0.15, 0.2) is 0 Å². The Labute approximate surface area is 149 Å². The molecule has 8 heteroatoms. The van der Waals surface area contributed by atoms with E-state index in [4.69, 9.17) is 9.47 Å². The van der Waals surface area contributed by atoms with Gasteiger partial charge in [-0.3, -0.25) is 14.2 Å². The molecule has 0 unspecified atom stereocenters. The number of nitrogens with one attached hydrogen (secondary N) is 2. The first-order chi connectivity index (χ1) is 12.5. The van der Waals surface area contributed by atoms with E-state index in [-0.39, 0.29) is 23.8 Å². The maximum absolute atomic E-state index is 12.1. The van der Waals surface area contributed by atoms with Crippen LogP contribution >= 0.6 is 0 Å². The second-order valence-corrected chi connectivity index (χ2v) is 6.32. The quantitative estimate of drug-likeness (QED) is 0.782. The molecule has 2 N–H and O–H groups in total. The van der Waals surface area contributed by atoms with Crippen molar-refractivity contribution in [2.45, 2.75) is 12.8 Å². The maximum Gasteiger partial charge on any atom is 0.328 e. The van der Waals surface area contributed by atoms with Gasteiger partial charge in [-0.25, -0.2) is 4.79 Å². The predicted octanol–water partition coefficient (Wildman–Crippen LogP) is -0.00780. The van der Waals surface area contributed by atoms with Crippen LogP contribution in [0.25, 0.3) is 0 Å². The number of aromatic nitrogens is 2. The molecule has 1 atom stereocenters. The predicted molar refractivity (Wildman–Crippen MR) is 94.7 cm³/mol. The molecule has 0 aliphatic carbocycles. The number of hydrogen-bond donors (Lipinski definition) is 2. The number of rotatable bonds is 5. The van der Waals surface area contributed by atoms with Crippen molar-refractivity contribution in [3.63, 3.8) is 0 Å². The van der Waals surface area contributed by atoms with Gasteiger partial charge in [0.05, 0.1) is 20.1 Å². The average molecular weight is 359 g/mol. The fourth-order valence-corrected chi connectivity index (χ4v) is 2.91. The second kappa shape index (κ2) is 7.47. The van der Waals surface area contributed by atoms with Crippen LogP contribution in [0.4, 0.5) is 0 Å². The third-order valence-electron chi connectivity index (χ3n) is 4.45. The van der Waals surface area contributed by atoms with Crippen molar-refractivity contribution in [3.8, 4) is 11.5 Å². The largest absolute Gasteiger partial charge is 0.497 e. The maximum atomic E-state index is 12.1. The number of H-pyrrole nitrogens is 1. The highest BCUT2D eigenvalue weighted by Crippen LogP contribution is 2.30. The molecule has 1 aromatic heterocycles. The van der Waals surface area contributed by atoms with Crippen LogP contribution in [0.2, 0.25) is 0 Å². The summed E-state index contributed by atoms with van der Waals surface area (Å²) in [5.41, 5.74) is 0.356. The lowest BCUT2D eigenvalue weighted by atomic mass is 9.96. The van der Waals surface area contributed by atoms with Crippen molar-refractivity contribution < 1.29 is 14.3 Å². The normalized spacial score (nSPS) is 15.7. The number of carbonyl (C=O) groups excluding carboxylic acids is 1. The first-order valence-electron chi connectivity index (χ1n) is 8.32. The lowest BCUT2D eigenvalue weighted by molar-refractivity contribution is -0.120. The van der Waals surface area contributed by atoms with Crippen LogP contribution in [0.1, 0.15) is 11.1 Å². The zero-order valence-corrected chi connectivity index (χ0v) is 14.7. The van der Waals surface area contributed by atoms with Crippen molar-refractivity contribution in [3.05, 3.63) is 56.4 Å². The van der Waals surface area contributed by atoms with Gasteiger partial charge in [-0.2, -0.15) is 0 Å². The summed E-state index contributed by atoms with van der Waals surface area (Å²) in [4.78, 5) is 37.9. The number of carbonyl (C=O) groups is 1. The van der Waals surface area contributed by atoms with Gasteiger partial charge in [-0.05, 0) is 18.1 Å². The van der Waals surface area contributed by atoms with E-state index in [1.165, 1.54) is 13.2 Å². The van der Waals surface area contributed by atoms with Crippen molar-refractivity contribution in [2.24, 2.45) is 13.0 Å². The van der Waals surface area contributed by atoms with Gasteiger partial charge in [0, 0.05) is 37.3 Å². The Balaban J connectivity index is 1.56. The lowest BCUT2D eigenvalue weighted by Crippen LogP contribution is -2.38. The van der Waals surface area contributed by atoms with E-state index in [1.807, 2.05) is 18.2 Å². The Morgan fingerprint density at radius 3 is 3.00 bits per heavy atom. The zero-order valence-electron chi connectivity index (χ0n) is 14.7. The topological polar surface area (TPSA) is 102 Å². The molecule has 1 aliphatic rings. The molecule has 0 radical (unpaired) electrons. The molecule has 2 heterocycles. The Morgan fingerprint density at radius 2 is 2.23 bits per heavy atom. The van der Waals surface area contributed by atoms with Gasteiger partial charge in [0.25, 0.3) is 5.56 Å². The fraction of sp³-hybridized carbons (Fsp3) is 0.389. The van der Waals surface area contributed by atoms with E-state index in [9.17, 15) is 14.4 Å². The molecule has 2 aromatic rings. The van der Waals surface area contributed by atoms with Crippen LogP contribution in [0, 0.1) is 5.92 Å². The van der Waals surface area contributed by atoms with Crippen molar-refractivity contribution in [1.29, 1.82) is 0 Å². The molecule has 26 heavy (non-hydrogen) atoms. The minimum Gasteiger partial charge on any atom is -0.497 e. The van der Waals surface area contributed by atoms with E-state index < -0.39 is 11.2 Å². The molecule has 0 spiro atoms. The third kappa shape index (κ3) is 3.79. The summed E-state index contributed by atoms with van der Waals surface area (Å²) in [6, 6.07) is 5.71. The Hall–Kier alpha value is -3.03. The van der Waals surface area contributed by atoms with Gasteiger partial charge in [-0.1, -0.05) is 6.07 Å². The highest BCUT2D eigenvalue weighted by Gasteiger charge is 2.21. The summed E-state index contributed by atoms with van der Waals surface area (Å²) in [5, 5.41) is 2.83. The minimum atomic E-state index is -0.506. The summed E-state index contributed by atoms with van der Waals surface area (Å²) >= 11 is 0. The molecule has 0 saturated carbocycles. The molecule has 1 amide bonds. The number of hydrogen-bond acceptors (Lipinski definition) is 5. The fourth-order valence-electron chi connectivity index (χ4n) is 2.91. The molecule has 0 saturated heterocycles. The number of aromatic amines is 1. The summed E-state index contributed by atoms with van der Waals surface area (Å²) in [5.74, 6) is 1.44. The highest BCUT2D eigenvalue weighted by molar-refractivity contribution is 5.78. The zero-order chi connectivity index (χ0) is 18.7. The summed E-state index contributed by atoms with van der Waals surface area (Å²) in [7, 11) is 2.98. The highest BCUT2D eigenvalue weighted by atomic mass is 16.5. The van der Waals surface area contributed by atoms with Gasteiger partial charge in [0.2, 0.25) is 5.91 Å². The van der Waals surface area contributed by atoms with E-state index in [0.29, 0.717) is 13.2 Å². The van der Waals surface area contributed by atoms with Crippen molar-refractivity contribution >= 4 is 5.91 Å². The molecule has 1 aliphatic heterocycles. The monoisotopic (exact) mass is 359 g/mol. The van der Waals surface area contributed by atoms with Crippen LogP contribution in [0.5, 0.6) is 11.5 Å². The third-order valence-corrected chi connectivity index (χ3v) is 4.45. The van der Waals surface area contributed by atoms with Gasteiger partial charge in [-0.15, -0.1) is 0 Å². The van der Waals surface area contributed by atoms with E-state index in [2.05, 4.69) is 10.3 Å². The number of ether oxygens (including phenoxy) is 2. The molecule has 138 valence electrons. The molecule has 1 aromatic carbocycles. The number of amides is 1. The lowest BCUT2D eigenvalue weighted by Gasteiger charge is -2.25. The van der Waals surface area contributed by atoms with E-state index >= 15 is 0 Å². The van der Waals surface area contributed by atoms with Crippen molar-refractivity contribution in [2.75, 3.05) is 20.3 Å². The molecular formula is C18H21N3O5. The Bertz CT molecular complexity index is 931. The van der Waals surface area contributed by atoms with Crippen LogP contribution in [0.15, 0.2) is 34.0 Å². The van der Waals surface area contributed by atoms with Gasteiger partial charge in [0.1, 0.15) is 11.5 Å². The Morgan fingerprint density at radius 1 is 1.42 bits per heavy atom. The van der Waals surface area contributed by atoms with Gasteiger partial charge < -0.3 is 19.8 Å². The average Bonchev–Trinajstić information content (AvgIpc) is 2.66. The van der Waals surface area contributed by atoms with Gasteiger partial charge >= 0.3 is 5.69 Å². The minimum absolute atomic E-state index is 0.0786. The molecule has 0 bridgehead atoms. The van der Waals surface area contributed by atoms with Crippen LogP contribution in [-0.4, -0.2) is 35.7 Å². The summed E-state index contributed by atoms with van der Waals surface area (Å²) in [6.07, 6.45) is 2.00. The molecule has 8 nitrogen and oxygen atoms in total.